The van der Waals surface area contributed by atoms with Crippen LogP contribution in [0.25, 0.3) is 0 Å². The van der Waals surface area contributed by atoms with Crippen molar-refractivity contribution < 1.29 is 23.5 Å². The minimum absolute atomic E-state index is 0.0520. The Kier molecular flexibility index (Phi) is 7.37. The Balaban J connectivity index is 1.64. The molecule has 0 radical (unpaired) electrons. The minimum atomic E-state index is -0.598. The van der Waals surface area contributed by atoms with Crippen molar-refractivity contribution in [3.63, 3.8) is 0 Å². The second-order valence-corrected chi connectivity index (χ2v) is 5.98. The first-order valence-electron chi connectivity index (χ1n) is 8.50. The van der Waals surface area contributed by atoms with E-state index in [-0.39, 0.29) is 24.8 Å². The predicted molar refractivity (Wildman–Crippen MR) is 89.1 cm³/mol. The maximum atomic E-state index is 13.4. The van der Waals surface area contributed by atoms with Gasteiger partial charge in [-0.15, -0.1) is 0 Å². The van der Waals surface area contributed by atoms with Crippen molar-refractivity contribution in [2.75, 3.05) is 26.2 Å². The molecule has 1 aliphatic heterocycles. The molecule has 25 heavy (non-hydrogen) atoms. The highest BCUT2D eigenvalue weighted by Crippen LogP contribution is 2.11. The van der Waals surface area contributed by atoms with E-state index >= 15 is 0 Å². The largest absolute Gasteiger partial charge is 0.454 e. The quantitative estimate of drug-likeness (QED) is 0.755. The third kappa shape index (κ3) is 6.52. The summed E-state index contributed by atoms with van der Waals surface area (Å²) in [6.45, 7) is 0.268. The zero-order chi connectivity index (χ0) is 18.1. The van der Waals surface area contributed by atoms with Crippen LogP contribution in [-0.2, 0) is 25.5 Å². The topological polar surface area (TPSA) is 75.7 Å². The summed E-state index contributed by atoms with van der Waals surface area (Å²) in [6.07, 6.45) is 3.49. The number of amides is 2. The van der Waals surface area contributed by atoms with Crippen LogP contribution < -0.4 is 5.32 Å². The average Bonchev–Trinajstić information content (AvgIpc) is 2.79. The Labute approximate surface area is 146 Å². The SMILES string of the molecule is O=C(COC(=O)CN1CCCCCC1=O)NCCc1ccccc1F. The summed E-state index contributed by atoms with van der Waals surface area (Å²) < 4.78 is 18.3. The lowest BCUT2D eigenvalue weighted by atomic mass is 10.1. The number of halogens is 1. The second-order valence-electron chi connectivity index (χ2n) is 5.98. The van der Waals surface area contributed by atoms with Gasteiger partial charge in [0, 0.05) is 19.5 Å². The van der Waals surface area contributed by atoms with Gasteiger partial charge in [-0.25, -0.2) is 4.39 Å². The van der Waals surface area contributed by atoms with E-state index in [2.05, 4.69) is 5.32 Å². The Morgan fingerprint density at radius 3 is 2.80 bits per heavy atom. The number of nitrogens with zero attached hydrogens (tertiary/aromatic N) is 1. The summed E-state index contributed by atoms with van der Waals surface area (Å²) in [4.78, 5) is 36.7. The Morgan fingerprint density at radius 2 is 2.00 bits per heavy atom. The number of carbonyl (C=O) groups excluding carboxylic acids is 3. The summed E-state index contributed by atoms with van der Waals surface area (Å²) in [6, 6.07) is 6.35. The van der Waals surface area contributed by atoms with Crippen LogP contribution in [0.3, 0.4) is 0 Å². The van der Waals surface area contributed by atoms with Gasteiger partial charge in [0.05, 0.1) is 0 Å². The van der Waals surface area contributed by atoms with Crippen molar-refractivity contribution in [1.82, 2.24) is 10.2 Å². The van der Waals surface area contributed by atoms with Gasteiger partial charge in [-0.05, 0) is 30.9 Å². The van der Waals surface area contributed by atoms with Gasteiger partial charge in [0.25, 0.3) is 5.91 Å². The van der Waals surface area contributed by atoms with E-state index in [9.17, 15) is 18.8 Å². The first kappa shape index (κ1) is 18.9. The molecule has 7 heteroatoms. The third-order valence-electron chi connectivity index (χ3n) is 4.03. The van der Waals surface area contributed by atoms with Gasteiger partial charge in [-0.3, -0.25) is 14.4 Å². The van der Waals surface area contributed by atoms with Crippen LogP contribution in [0, 0.1) is 5.82 Å². The molecule has 1 aromatic rings. The highest BCUT2D eigenvalue weighted by molar-refractivity contribution is 5.84. The highest BCUT2D eigenvalue weighted by atomic mass is 19.1. The maximum Gasteiger partial charge on any atom is 0.326 e. The van der Waals surface area contributed by atoms with Gasteiger partial charge in [-0.2, -0.15) is 0 Å². The average molecular weight is 350 g/mol. The first-order chi connectivity index (χ1) is 12.1. The number of carbonyl (C=O) groups is 3. The molecule has 0 bridgehead atoms. The van der Waals surface area contributed by atoms with Gasteiger partial charge in [0.1, 0.15) is 12.4 Å². The number of esters is 1. The molecule has 1 aliphatic rings. The molecule has 1 aromatic carbocycles. The van der Waals surface area contributed by atoms with Crippen molar-refractivity contribution in [3.8, 4) is 0 Å². The maximum absolute atomic E-state index is 13.4. The summed E-state index contributed by atoms with van der Waals surface area (Å²) in [7, 11) is 0. The van der Waals surface area contributed by atoms with Crippen molar-refractivity contribution in [2.45, 2.75) is 32.1 Å². The van der Waals surface area contributed by atoms with Crippen LogP contribution in [-0.4, -0.2) is 48.9 Å². The van der Waals surface area contributed by atoms with E-state index in [0.717, 1.165) is 19.3 Å². The summed E-state index contributed by atoms with van der Waals surface area (Å²) in [5.41, 5.74) is 0.513. The molecule has 0 unspecified atom stereocenters. The molecular formula is C18H23FN2O4. The Hall–Kier alpha value is -2.44. The summed E-state index contributed by atoms with van der Waals surface area (Å²) in [5.74, 6) is -1.42. The van der Waals surface area contributed by atoms with E-state index < -0.39 is 18.5 Å². The molecule has 0 spiro atoms. The smallest absolute Gasteiger partial charge is 0.326 e. The zero-order valence-corrected chi connectivity index (χ0v) is 14.1. The van der Waals surface area contributed by atoms with E-state index in [1.54, 1.807) is 18.2 Å². The fourth-order valence-corrected chi connectivity index (χ4v) is 2.64. The van der Waals surface area contributed by atoms with Gasteiger partial charge in [-0.1, -0.05) is 24.6 Å². The van der Waals surface area contributed by atoms with E-state index in [4.69, 9.17) is 4.74 Å². The predicted octanol–water partition coefficient (Wildman–Crippen LogP) is 1.43. The lowest BCUT2D eigenvalue weighted by molar-refractivity contribution is -0.152. The van der Waals surface area contributed by atoms with E-state index in [1.807, 2.05) is 0 Å². The molecule has 1 heterocycles. The zero-order valence-electron chi connectivity index (χ0n) is 14.1. The molecule has 0 aromatic heterocycles. The second kappa shape index (κ2) is 9.76. The molecule has 0 aliphatic carbocycles. The van der Waals surface area contributed by atoms with Crippen LogP contribution in [0.5, 0.6) is 0 Å². The van der Waals surface area contributed by atoms with Gasteiger partial charge in [0.2, 0.25) is 5.91 Å². The molecule has 2 amide bonds. The Bertz CT molecular complexity index is 621. The number of benzene rings is 1. The Morgan fingerprint density at radius 1 is 1.20 bits per heavy atom. The van der Waals surface area contributed by atoms with Gasteiger partial charge >= 0.3 is 5.97 Å². The van der Waals surface area contributed by atoms with Crippen LogP contribution in [0.4, 0.5) is 4.39 Å². The van der Waals surface area contributed by atoms with Crippen LogP contribution in [0.15, 0.2) is 24.3 Å². The number of nitrogens with one attached hydrogen (secondary N) is 1. The summed E-state index contributed by atoms with van der Waals surface area (Å²) >= 11 is 0. The molecular weight excluding hydrogens is 327 g/mol. The lowest BCUT2D eigenvalue weighted by Crippen LogP contribution is -2.37. The van der Waals surface area contributed by atoms with Crippen LogP contribution >= 0.6 is 0 Å². The van der Waals surface area contributed by atoms with Crippen molar-refractivity contribution in [2.24, 2.45) is 0 Å². The van der Waals surface area contributed by atoms with Crippen molar-refractivity contribution in [1.29, 1.82) is 0 Å². The summed E-state index contributed by atoms with van der Waals surface area (Å²) in [5, 5.41) is 2.57. The van der Waals surface area contributed by atoms with Crippen LogP contribution in [0.2, 0.25) is 0 Å². The molecule has 1 saturated heterocycles. The van der Waals surface area contributed by atoms with Crippen LogP contribution in [0.1, 0.15) is 31.2 Å². The normalized spacial score (nSPS) is 14.8. The molecule has 0 saturated carbocycles. The number of rotatable bonds is 7. The molecule has 2 rings (SSSR count). The monoisotopic (exact) mass is 350 g/mol. The molecule has 1 fully saturated rings. The minimum Gasteiger partial charge on any atom is -0.454 e. The lowest BCUT2D eigenvalue weighted by Gasteiger charge is -2.19. The third-order valence-corrected chi connectivity index (χ3v) is 4.03. The van der Waals surface area contributed by atoms with E-state index in [1.165, 1.54) is 11.0 Å². The number of hydrogen-bond donors (Lipinski definition) is 1. The van der Waals surface area contributed by atoms with E-state index in [0.29, 0.717) is 24.9 Å². The van der Waals surface area contributed by atoms with Crippen molar-refractivity contribution in [3.05, 3.63) is 35.6 Å². The number of hydrogen-bond acceptors (Lipinski definition) is 4. The fourth-order valence-electron chi connectivity index (χ4n) is 2.64. The number of likely N-dealkylation sites (tertiary alicyclic amines) is 1. The van der Waals surface area contributed by atoms with Crippen molar-refractivity contribution >= 4 is 17.8 Å². The standard InChI is InChI=1S/C18H23FN2O4/c19-15-7-4-3-6-14(15)9-10-20-16(22)13-25-18(24)12-21-11-5-1-2-8-17(21)23/h3-4,6-7H,1-2,5,8-13H2,(H,20,22). The number of ether oxygens (including phenoxy) is 1. The molecule has 0 atom stereocenters. The first-order valence-corrected chi connectivity index (χ1v) is 8.50. The van der Waals surface area contributed by atoms with Gasteiger partial charge in [0.15, 0.2) is 6.61 Å². The molecule has 136 valence electrons. The molecule has 6 nitrogen and oxygen atoms in total. The van der Waals surface area contributed by atoms with Gasteiger partial charge < -0.3 is 15.0 Å². The molecule has 1 N–H and O–H groups in total. The highest BCUT2D eigenvalue weighted by Gasteiger charge is 2.20. The fraction of sp³-hybridized carbons (Fsp3) is 0.500.